The van der Waals surface area contributed by atoms with Crippen LogP contribution in [0.1, 0.15) is 141 Å². The Morgan fingerprint density at radius 1 is 0.767 bits per heavy atom. The number of unbranched alkanes of at least 4 members (excludes halogenated alkanes) is 4. The summed E-state index contributed by atoms with van der Waals surface area (Å²) in [6, 6.07) is 9.85. The summed E-state index contributed by atoms with van der Waals surface area (Å²) < 4.78 is 0. The van der Waals surface area contributed by atoms with Crippen LogP contribution in [0, 0.1) is 17.3 Å². The van der Waals surface area contributed by atoms with E-state index in [0.29, 0.717) is 5.41 Å². The molecule has 2 aliphatic rings. The fourth-order valence-corrected chi connectivity index (χ4v) is 6.31. The molecule has 0 saturated heterocycles. The van der Waals surface area contributed by atoms with Crippen LogP contribution in [-0.2, 0) is 6.42 Å². The minimum Gasteiger partial charge on any atom is -0.0654 e. The van der Waals surface area contributed by atoms with Crippen LogP contribution in [0.3, 0.4) is 0 Å². The van der Waals surface area contributed by atoms with Crippen molar-refractivity contribution in [1.29, 1.82) is 0 Å². The molecule has 1 aromatic rings. The van der Waals surface area contributed by atoms with Crippen LogP contribution in [0.25, 0.3) is 0 Å². The first-order valence-electron chi connectivity index (χ1n) is 13.7. The zero-order valence-corrected chi connectivity index (χ0v) is 20.6. The van der Waals surface area contributed by atoms with Crippen molar-refractivity contribution in [3.8, 4) is 0 Å². The number of rotatable bonds is 11. The molecule has 0 spiro atoms. The van der Waals surface area contributed by atoms with Crippen molar-refractivity contribution in [2.75, 3.05) is 0 Å². The largest absolute Gasteiger partial charge is 0.0654 e. The fourth-order valence-electron chi connectivity index (χ4n) is 6.31. The Morgan fingerprint density at radius 3 is 2.03 bits per heavy atom. The van der Waals surface area contributed by atoms with Crippen LogP contribution >= 0.6 is 0 Å². The molecule has 3 rings (SSSR count). The lowest BCUT2D eigenvalue weighted by atomic mass is 9.68. The van der Waals surface area contributed by atoms with Gasteiger partial charge in [-0.1, -0.05) is 109 Å². The molecule has 0 bridgehead atoms. The molecule has 0 heterocycles. The molecule has 2 aliphatic carbocycles. The maximum atomic E-state index is 2.57. The van der Waals surface area contributed by atoms with Crippen LogP contribution in [0.2, 0.25) is 0 Å². The van der Waals surface area contributed by atoms with Crippen molar-refractivity contribution in [2.24, 2.45) is 17.3 Å². The second-order valence-corrected chi connectivity index (χ2v) is 11.3. The Morgan fingerprint density at radius 2 is 1.40 bits per heavy atom. The standard InChI is InChI=1S/C30H50/c1-4-6-7-8-9-22-30(3)23-20-29(21-24-30)28-18-16-27(17-19-28)15-14-26-12-10-25(5-2)11-13-26/h16-19,25-26,29H,4-15,20-24H2,1-3H3. The van der Waals surface area contributed by atoms with Crippen LogP contribution in [0.15, 0.2) is 24.3 Å². The normalized spacial score (nSPS) is 29.8. The quantitative estimate of drug-likeness (QED) is 0.318. The number of benzene rings is 1. The molecule has 0 aliphatic heterocycles. The summed E-state index contributed by atoms with van der Waals surface area (Å²) in [6.45, 7) is 7.25. The topological polar surface area (TPSA) is 0 Å². The molecule has 0 radical (unpaired) electrons. The first-order chi connectivity index (χ1) is 14.6. The summed E-state index contributed by atoms with van der Waals surface area (Å²) in [6.07, 6.45) is 24.3. The second kappa shape index (κ2) is 12.3. The third-order valence-corrected chi connectivity index (χ3v) is 8.91. The van der Waals surface area contributed by atoms with Crippen LogP contribution in [0.4, 0.5) is 0 Å². The van der Waals surface area contributed by atoms with E-state index < -0.39 is 0 Å². The number of hydrogen-bond acceptors (Lipinski definition) is 0. The van der Waals surface area contributed by atoms with E-state index in [1.165, 1.54) is 109 Å². The molecule has 0 amide bonds. The van der Waals surface area contributed by atoms with Crippen LogP contribution in [0.5, 0.6) is 0 Å². The lowest BCUT2D eigenvalue weighted by Gasteiger charge is -2.38. The average Bonchev–Trinajstić information content (AvgIpc) is 2.79. The van der Waals surface area contributed by atoms with Crippen molar-refractivity contribution in [3.63, 3.8) is 0 Å². The lowest BCUT2D eigenvalue weighted by Crippen LogP contribution is -2.23. The van der Waals surface area contributed by atoms with Crippen LogP contribution in [-0.4, -0.2) is 0 Å². The van der Waals surface area contributed by atoms with Gasteiger partial charge in [-0.3, -0.25) is 0 Å². The first kappa shape index (κ1) is 23.9. The highest BCUT2D eigenvalue weighted by Crippen LogP contribution is 2.45. The third kappa shape index (κ3) is 7.42. The van der Waals surface area contributed by atoms with E-state index >= 15 is 0 Å². The second-order valence-electron chi connectivity index (χ2n) is 11.3. The minimum absolute atomic E-state index is 0.624. The van der Waals surface area contributed by atoms with E-state index in [2.05, 4.69) is 45.0 Å². The van der Waals surface area contributed by atoms with Gasteiger partial charge < -0.3 is 0 Å². The summed E-state index contributed by atoms with van der Waals surface area (Å²) in [5.41, 5.74) is 3.82. The van der Waals surface area contributed by atoms with Gasteiger partial charge in [-0.15, -0.1) is 0 Å². The van der Waals surface area contributed by atoms with Gasteiger partial charge in [0.15, 0.2) is 0 Å². The van der Waals surface area contributed by atoms with E-state index in [-0.39, 0.29) is 0 Å². The van der Waals surface area contributed by atoms with Gasteiger partial charge in [0.1, 0.15) is 0 Å². The summed E-state index contributed by atoms with van der Waals surface area (Å²) in [7, 11) is 0. The zero-order valence-electron chi connectivity index (χ0n) is 20.6. The predicted octanol–water partition coefficient (Wildman–Crippen LogP) is 9.86. The third-order valence-electron chi connectivity index (χ3n) is 8.91. The fraction of sp³-hybridized carbons (Fsp3) is 0.800. The highest BCUT2D eigenvalue weighted by Gasteiger charge is 2.31. The lowest BCUT2D eigenvalue weighted by molar-refractivity contribution is 0.177. The van der Waals surface area contributed by atoms with Crippen molar-refractivity contribution < 1.29 is 0 Å². The average molecular weight is 411 g/mol. The molecular weight excluding hydrogens is 360 g/mol. The van der Waals surface area contributed by atoms with Gasteiger partial charge in [-0.2, -0.15) is 0 Å². The summed E-state index contributed by atoms with van der Waals surface area (Å²) in [5, 5.41) is 0. The van der Waals surface area contributed by atoms with Gasteiger partial charge >= 0.3 is 0 Å². The first-order valence-corrected chi connectivity index (χ1v) is 13.7. The molecule has 0 N–H and O–H groups in total. The Labute approximate surface area is 188 Å². The van der Waals surface area contributed by atoms with Gasteiger partial charge in [0.2, 0.25) is 0 Å². The molecule has 0 atom stereocenters. The zero-order chi connectivity index (χ0) is 21.2. The summed E-state index contributed by atoms with van der Waals surface area (Å²) in [4.78, 5) is 0. The molecule has 170 valence electrons. The van der Waals surface area contributed by atoms with Gasteiger partial charge in [0.25, 0.3) is 0 Å². The molecule has 0 aromatic heterocycles. The van der Waals surface area contributed by atoms with Gasteiger partial charge in [0, 0.05) is 0 Å². The molecule has 2 saturated carbocycles. The van der Waals surface area contributed by atoms with Gasteiger partial charge in [-0.05, 0) is 79.2 Å². The Hall–Kier alpha value is -0.780. The van der Waals surface area contributed by atoms with Gasteiger partial charge in [-0.25, -0.2) is 0 Å². The Bertz CT molecular complexity index is 567. The van der Waals surface area contributed by atoms with E-state index in [1.807, 2.05) is 0 Å². The molecule has 30 heavy (non-hydrogen) atoms. The van der Waals surface area contributed by atoms with E-state index in [9.17, 15) is 0 Å². The smallest absolute Gasteiger partial charge is 0.0162 e. The van der Waals surface area contributed by atoms with E-state index in [1.54, 1.807) is 11.1 Å². The van der Waals surface area contributed by atoms with Crippen molar-refractivity contribution >= 4 is 0 Å². The predicted molar refractivity (Wildman–Crippen MR) is 133 cm³/mol. The maximum Gasteiger partial charge on any atom is -0.0162 e. The highest BCUT2D eigenvalue weighted by atomic mass is 14.4. The Kier molecular flexibility index (Phi) is 9.79. The molecule has 0 nitrogen and oxygen atoms in total. The molecule has 0 unspecified atom stereocenters. The Balaban J connectivity index is 1.37. The van der Waals surface area contributed by atoms with Gasteiger partial charge in [0.05, 0.1) is 0 Å². The maximum absolute atomic E-state index is 2.57. The molecule has 0 heteroatoms. The number of aryl methyl sites for hydroxylation is 1. The highest BCUT2D eigenvalue weighted by molar-refractivity contribution is 5.26. The summed E-state index contributed by atoms with van der Waals surface area (Å²) >= 11 is 0. The SMILES string of the molecule is CCCCCCCC1(C)CCC(c2ccc(CCC3CCC(CC)CC3)cc2)CC1. The van der Waals surface area contributed by atoms with Crippen molar-refractivity contribution in [3.05, 3.63) is 35.4 Å². The van der Waals surface area contributed by atoms with Crippen molar-refractivity contribution in [2.45, 2.75) is 136 Å². The molecule has 1 aromatic carbocycles. The summed E-state index contributed by atoms with van der Waals surface area (Å²) in [5.74, 6) is 2.83. The van der Waals surface area contributed by atoms with Crippen LogP contribution < -0.4 is 0 Å². The number of hydrogen-bond donors (Lipinski definition) is 0. The molecular formula is C30H50. The van der Waals surface area contributed by atoms with E-state index in [0.717, 1.165) is 17.8 Å². The monoisotopic (exact) mass is 410 g/mol. The molecule has 2 fully saturated rings. The minimum atomic E-state index is 0.624. The van der Waals surface area contributed by atoms with Crippen molar-refractivity contribution in [1.82, 2.24) is 0 Å². The van der Waals surface area contributed by atoms with E-state index in [4.69, 9.17) is 0 Å².